The second-order valence-corrected chi connectivity index (χ2v) is 18.8. The van der Waals surface area contributed by atoms with Crippen LogP contribution in [0.5, 0.6) is 0 Å². The van der Waals surface area contributed by atoms with Gasteiger partial charge in [-0.3, -0.25) is 14.4 Å². The minimum absolute atomic E-state index is 0.0914. The average Bonchev–Trinajstić information content (AvgIpc) is 3.31. The summed E-state index contributed by atoms with van der Waals surface area (Å²) in [6, 6.07) is 0. The highest BCUT2D eigenvalue weighted by Crippen LogP contribution is 2.17. The number of rotatable bonds is 51. The van der Waals surface area contributed by atoms with Gasteiger partial charge in [0, 0.05) is 19.3 Å². The molecule has 0 saturated heterocycles. The molecule has 6 nitrogen and oxygen atoms in total. The minimum atomic E-state index is -0.796. The van der Waals surface area contributed by atoms with Gasteiger partial charge in [-0.1, -0.05) is 248 Å². The molecular formula is C60H106O6. The number of hydrogen-bond donors (Lipinski definition) is 0. The van der Waals surface area contributed by atoms with Gasteiger partial charge in [0.25, 0.3) is 0 Å². The van der Waals surface area contributed by atoms with E-state index in [0.29, 0.717) is 19.3 Å². The number of carbonyl (C=O) groups is 3. The average molecular weight is 924 g/mol. The molecule has 0 aliphatic heterocycles. The zero-order chi connectivity index (χ0) is 47.9. The summed E-state index contributed by atoms with van der Waals surface area (Å²) < 4.78 is 16.8. The highest BCUT2D eigenvalue weighted by Gasteiger charge is 2.19. The summed E-state index contributed by atoms with van der Waals surface area (Å²) in [5.74, 6) is -0.936. The quantitative estimate of drug-likeness (QED) is 0.0262. The van der Waals surface area contributed by atoms with Crippen LogP contribution in [0.25, 0.3) is 0 Å². The van der Waals surface area contributed by atoms with Crippen molar-refractivity contribution in [2.75, 3.05) is 13.2 Å². The summed E-state index contributed by atoms with van der Waals surface area (Å²) in [5.41, 5.74) is 0. The SMILES string of the molecule is CC/C=C\C/C=C\C/C=C\C/C=C\CCCCC(=O)OC(COC(=O)CCCCCCC/C=C\CCC)COC(=O)CCCCCCCCCCCCCCCCCCCCCCCCC. The van der Waals surface area contributed by atoms with E-state index in [2.05, 4.69) is 81.5 Å². The van der Waals surface area contributed by atoms with Crippen molar-refractivity contribution in [3.8, 4) is 0 Å². The Kier molecular flexibility index (Phi) is 52.3. The summed E-state index contributed by atoms with van der Waals surface area (Å²) in [6.07, 6.45) is 68.1. The van der Waals surface area contributed by atoms with Gasteiger partial charge in [-0.05, 0) is 77.0 Å². The molecule has 0 saturated carbocycles. The molecule has 0 amide bonds. The van der Waals surface area contributed by atoms with Crippen molar-refractivity contribution in [1.29, 1.82) is 0 Å². The normalized spacial score (nSPS) is 12.5. The van der Waals surface area contributed by atoms with Crippen molar-refractivity contribution in [3.63, 3.8) is 0 Å². The summed E-state index contributed by atoms with van der Waals surface area (Å²) in [5, 5.41) is 0. The first-order valence-electron chi connectivity index (χ1n) is 28.3. The first kappa shape index (κ1) is 63.1. The van der Waals surface area contributed by atoms with E-state index in [9.17, 15) is 14.4 Å². The highest BCUT2D eigenvalue weighted by atomic mass is 16.6. The molecule has 0 spiro atoms. The van der Waals surface area contributed by atoms with Crippen molar-refractivity contribution in [3.05, 3.63) is 60.8 Å². The zero-order valence-corrected chi connectivity index (χ0v) is 43.7. The Hall–Kier alpha value is -2.89. The van der Waals surface area contributed by atoms with Crippen molar-refractivity contribution in [1.82, 2.24) is 0 Å². The fourth-order valence-electron chi connectivity index (χ4n) is 8.03. The van der Waals surface area contributed by atoms with E-state index >= 15 is 0 Å². The van der Waals surface area contributed by atoms with Gasteiger partial charge in [0.1, 0.15) is 13.2 Å². The molecule has 0 N–H and O–H groups in total. The Morgan fingerprint density at radius 3 is 1.03 bits per heavy atom. The molecule has 0 aromatic carbocycles. The fraction of sp³-hybridized carbons (Fsp3) is 0.783. The number of carbonyl (C=O) groups excluding carboxylic acids is 3. The molecule has 0 fully saturated rings. The lowest BCUT2D eigenvalue weighted by atomic mass is 10.0. The zero-order valence-electron chi connectivity index (χ0n) is 43.7. The van der Waals surface area contributed by atoms with E-state index in [1.165, 1.54) is 141 Å². The number of hydrogen-bond acceptors (Lipinski definition) is 6. The minimum Gasteiger partial charge on any atom is -0.462 e. The maximum absolute atomic E-state index is 12.8. The Morgan fingerprint density at radius 1 is 0.318 bits per heavy atom. The van der Waals surface area contributed by atoms with Crippen LogP contribution < -0.4 is 0 Å². The van der Waals surface area contributed by atoms with Crippen molar-refractivity contribution >= 4 is 17.9 Å². The van der Waals surface area contributed by atoms with Gasteiger partial charge in [0.15, 0.2) is 6.10 Å². The molecular weight excluding hydrogens is 817 g/mol. The molecule has 0 aliphatic rings. The summed E-state index contributed by atoms with van der Waals surface area (Å²) in [6.45, 7) is 6.45. The van der Waals surface area contributed by atoms with Crippen LogP contribution >= 0.6 is 0 Å². The number of ether oxygens (including phenoxy) is 3. The van der Waals surface area contributed by atoms with E-state index in [0.717, 1.165) is 96.3 Å². The molecule has 0 aromatic heterocycles. The summed E-state index contributed by atoms with van der Waals surface area (Å²) in [7, 11) is 0. The monoisotopic (exact) mass is 923 g/mol. The lowest BCUT2D eigenvalue weighted by molar-refractivity contribution is -0.167. The summed E-state index contributed by atoms with van der Waals surface area (Å²) in [4.78, 5) is 38.0. The maximum Gasteiger partial charge on any atom is 0.306 e. The lowest BCUT2D eigenvalue weighted by Gasteiger charge is -2.18. The first-order valence-corrected chi connectivity index (χ1v) is 28.3. The van der Waals surface area contributed by atoms with E-state index in [4.69, 9.17) is 14.2 Å². The van der Waals surface area contributed by atoms with Crippen LogP contribution in [0.2, 0.25) is 0 Å². The van der Waals surface area contributed by atoms with Gasteiger partial charge in [-0.2, -0.15) is 0 Å². The lowest BCUT2D eigenvalue weighted by Crippen LogP contribution is -2.30. The molecule has 6 heteroatoms. The second kappa shape index (κ2) is 54.7. The number of unbranched alkanes of at least 4 members (excludes halogenated alkanes) is 30. The first-order chi connectivity index (χ1) is 32.5. The van der Waals surface area contributed by atoms with Gasteiger partial charge >= 0.3 is 17.9 Å². The van der Waals surface area contributed by atoms with E-state index in [1.54, 1.807) is 0 Å². The molecule has 0 aliphatic carbocycles. The van der Waals surface area contributed by atoms with Gasteiger partial charge in [0.05, 0.1) is 0 Å². The Bertz CT molecular complexity index is 1200. The predicted molar refractivity (Wildman–Crippen MR) is 284 cm³/mol. The maximum atomic E-state index is 12.8. The van der Waals surface area contributed by atoms with Crippen LogP contribution in [-0.2, 0) is 28.6 Å². The molecule has 382 valence electrons. The largest absolute Gasteiger partial charge is 0.462 e. The Labute approximate surface area is 409 Å². The smallest absolute Gasteiger partial charge is 0.306 e. The van der Waals surface area contributed by atoms with Crippen LogP contribution in [0.3, 0.4) is 0 Å². The molecule has 0 radical (unpaired) electrons. The molecule has 0 heterocycles. The van der Waals surface area contributed by atoms with Crippen LogP contribution in [0.4, 0.5) is 0 Å². The molecule has 0 rings (SSSR count). The Morgan fingerprint density at radius 2 is 0.621 bits per heavy atom. The molecule has 0 bridgehead atoms. The third-order valence-corrected chi connectivity index (χ3v) is 12.2. The molecule has 1 unspecified atom stereocenters. The third-order valence-electron chi connectivity index (χ3n) is 12.2. The van der Waals surface area contributed by atoms with Crippen LogP contribution in [0.1, 0.15) is 284 Å². The molecule has 66 heavy (non-hydrogen) atoms. The van der Waals surface area contributed by atoms with Gasteiger partial charge in [-0.15, -0.1) is 0 Å². The fourth-order valence-corrected chi connectivity index (χ4v) is 8.03. The van der Waals surface area contributed by atoms with E-state index in [-0.39, 0.29) is 37.5 Å². The van der Waals surface area contributed by atoms with E-state index in [1.807, 2.05) is 0 Å². The number of esters is 3. The van der Waals surface area contributed by atoms with Crippen molar-refractivity contribution in [2.45, 2.75) is 290 Å². The highest BCUT2D eigenvalue weighted by molar-refractivity contribution is 5.71. The third kappa shape index (κ3) is 52.1. The molecule has 1 atom stereocenters. The van der Waals surface area contributed by atoms with Gasteiger partial charge in [0.2, 0.25) is 0 Å². The molecule has 0 aromatic rings. The Balaban J connectivity index is 4.26. The number of allylic oxidation sites excluding steroid dienone is 10. The van der Waals surface area contributed by atoms with Crippen molar-refractivity contribution < 1.29 is 28.6 Å². The van der Waals surface area contributed by atoms with Crippen LogP contribution in [0.15, 0.2) is 60.8 Å². The predicted octanol–water partition coefficient (Wildman–Crippen LogP) is 18.8. The van der Waals surface area contributed by atoms with Crippen LogP contribution in [-0.4, -0.2) is 37.2 Å². The summed E-state index contributed by atoms with van der Waals surface area (Å²) >= 11 is 0. The topological polar surface area (TPSA) is 78.9 Å². The van der Waals surface area contributed by atoms with Crippen LogP contribution in [0, 0.1) is 0 Å². The second-order valence-electron chi connectivity index (χ2n) is 18.8. The van der Waals surface area contributed by atoms with Gasteiger partial charge < -0.3 is 14.2 Å². The standard InChI is InChI=1S/C60H106O6/c1-4-7-10-13-16-19-22-24-26-27-28-29-30-31-32-33-35-36-38-41-44-47-50-53-59(62)65-56-57(55-64-58(61)52-49-46-43-40-21-18-15-12-9-6-3)66-60(63)54-51-48-45-42-39-37-34-25-23-20-17-14-11-8-5-2/h8,11-12,15,17,20,25,34,39,42,57H,4-7,9-10,13-14,16,18-19,21-24,26-33,35-38,40-41,43-56H2,1-3H3/b11-8-,15-12-,20-17-,34-25-,42-39-. The van der Waals surface area contributed by atoms with Crippen molar-refractivity contribution in [2.24, 2.45) is 0 Å². The van der Waals surface area contributed by atoms with E-state index < -0.39 is 6.10 Å². The van der Waals surface area contributed by atoms with Gasteiger partial charge in [-0.25, -0.2) is 0 Å².